The third-order valence-corrected chi connectivity index (χ3v) is 3.46. The molecule has 1 atom stereocenters. The average molecular weight is 236 g/mol. The second kappa shape index (κ2) is 4.44. The number of hydrogen-bond acceptors (Lipinski definition) is 4. The Morgan fingerprint density at radius 2 is 2.35 bits per heavy atom. The quantitative estimate of drug-likeness (QED) is 0.727. The largest absolute Gasteiger partial charge is 0.381 e. The summed E-state index contributed by atoms with van der Waals surface area (Å²) in [6.07, 6.45) is 4.41. The van der Waals surface area contributed by atoms with Gasteiger partial charge in [0.25, 0.3) is 0 Å². The molecular weight excluding hydrogens is 220 g/mol. The Bertz CT molecular complexity index is 380. The molecule has 6 heteroatoms. The molecule has 92 valence electrons. The van der Waals surface area contributed by atoms with Crippen molar-refractivity contribution in [3.8, 4) is 0 Å². The maximum Gasteiger partial charge on any atom is 0.228 e. The van der Waals surface area contributed by atoms with Crippen LogP contribution in [0.25, 0.3) is 0 Å². The zero-order valence-electron chi connectivity index (χ0n) is 9.66. The minimum atomic E-state index is 0.0994. The van der Waals surface area contributed by atoms with E-state index in [1.165, 1.54) is 0 Å². The Labute approximate surface area is 99.5 Å². The van der Waals surface area contributed by atoms with Gasteiger partial charge in [0.2, 0.25) is 5.91 Å². The van der Waals surface area contributed by atoms with Crippen LogP contribution < -0.4 is 0 Å². The fourth-order valence-electron chi connectivity index (χ4n) is 2.45. The molecule has 2 fully saturated rings. The molecule has 0 radical (unpaired) electrons. The fourth-order valence-corrected chi connectivity index (χ4v) is 2.45. The summed E-state index contributed by atoms with van der Waals surface area (Å²) >= 11 is 0. The Balaban J connectivity index is 1.46. The molecule has 2 aliphatic rings. The molecule has 0 aliphatic carbocycles. The minimum absolute atomic E-state index is 0.0994. The van der Waals surface area contributed by atoms with Crippen molar-refractivity contribution in [3.05, 3.63) is 12.4 Å². The molecule has 0 N–H and O–H groups in total. The van der Waals surface area contributed by atoms with Gasteiger partial charge in [0, 0.05) is 38.4 Å². The highest BCUT2D eigenvalue weighted by Gasteiger charge is 2.35. The molecule has 0 bridgehead atoms. The number of nitrogens with zero attached hydrogens (tertiary/aromatic N) is 4. The first-order valence-electron chi connectivity index (χ1n) is 6.03. The highest BCUT2D eigenvalue weighted by atomic mass is 16.5. The number of carbonyl (C=O) groups is 1. The molecule has 17 heavy (non-hydrogen) atoms. The van der Waals surface area contributed by atoms with Crippen molar-refractivity contribution in [1.29, 1.82) is 0 Å². The molecule has 0 aromatic carbocycles. The minimum Gasteiger partial charge on any atom is -0.381 e. The standard InChI is InChI=1S/C11H16N4O2/c16-11(10-1-4-17-8-10)14-5-9(6-14)7-15-3-2-12-13-15/h2-3,9-10H,1,4-8H2. The van der Waals surface area contributed by atoms with E-state index in [1.807, 2.05) is 15.8 Å². The van der Waals surface area contributed by atoms with Crippen LogP contribution in [0, 0.1) is 11.8 Å². The lowest BCUT2D eigenvalue weighted by atomic mass is 9.97. The first-order chi connectivity index (χ1) is 8.33. The highest BCUT2D eigenvalue weighted by Crippen LogP contribution is 2.23. The van der Waals surface area contributed by atoms with Crippen LogP contribution in [-0.4, -0.2) is 52.1 Å². The highest BCUT2D eigenvalue weighted by molar-refractivity contribution is 5.80. The van der Waals surface area contributed by atoms with Crippen LogP contribution >= 0.6 is 0 Å². The van der Waals surface area contributed by atoms with Crippen molar-refractivity contribution in [1.82, 2.24) is 19.9 Å². The molecule has 1 unspecified atom stereocenters. The van der Waals surface area contributed by atoms with Crippen LogP contribution in [0.4, 0.5) is 0 Å². The number of hydrogen-bond donors (Lipinski definition) is 0. The maximum atomic E-state index is 12.0. The van der Waals surface area contributed by atoms with E-state index in [-0.39, 0.29) is 11.8 Å². The Morgan fingerprint density at radius 1 is 1.47 bits per heavy atom. The molecule has 2 saturated heterocycles. The molecule has 2 aliphatic heterocycles. The number of amides is 1. The van der Waals surface area contributed by atoms with Gasteiger partial charge in [-0.05, 0) is 6.42 Å². The molecular formula is C11H16N4O2. The van der Waals surface area contributed by atoms with Gasteiger partial charge in [0.1, 0.15) is 0 Å². The van der Waals surface area contributed by atoms with E-state index in [0.29, 0.717) is 12.5 Å². The second-order valence-electron chi connectivity index (χ2n) is 4.79. The predicted octanol–water partition coefficient (Wildman–Crippen LogP) is -0.227. The van der Waals surface area contributed by atoms with Crippen molar-refractivity contribution in [2.45, 2.75) is 13.0 Å². The first-order valence-corrected chi connectivity index (χ1v) is 6.03. The van der Waals surface area contributed by atoms with Crippen molar-refractivity contribution >= 4 is 5.91 Å². The number of carbonyl (C=O) groups excluding carboxylic acids is 1. The van der Waals surface area contributed by atoms with E-state index in [0.717, 1.165) is 32.7 Å². The van der Waals surface area contributed by atoms with Crippen molar-refractivity contribution in [2.24, 2.45) is 11.8 Å². The normalized spacial score (nSPS) is 24.9. The van der Waals surface area contributed by atoms with E-state index < -0.39 is 0 Å². The van der Waals surface area contributed by atoms with Crippen LogP contribution in [0.3, 0.4) is 0 Å². The van der Waals surface area contributed by atoms with Gasteiger partial charge in [0.05, 0.1) is 18.7 Å². The van der Waals surface area contributed by atoms with Gasteiger partial charge in [-0.2, -0.15) is 0 Å². The van der Waals surface area contributed by atoms with Crippen molar-refractivity contribution in [3.63, 3.8) is 0 Å². The SMILES string of the molecule is O=C(C1CCOC1)N1CC(Cn2ccnn2)C1. The molecule has 3 rings (SSSR count). The zero-order chi connectivity index (χ0) is 11.7. The number of ether oxygens (including phenoxy) is 1. The van der Waals surface area contributed by atoms with Crippen molar-refractivity contribution in [2.75, 3.05) is 26.3 Å². The predicted molar refractivity (Wildman–Crippen MR) is 59.0 cm³/mol. The van der Waals surface area contributed by atoms with E-state index in [2.05, 4.69) is 10.3 Å². The van der Waals surface area contributed by atoms with Gasteiger partial charge in [0.15, 0.2) is 0 Å². The van der Waals surface area contributed by atoms with Gasteiger partial charge in [-0.25, -0.2) is 0 Å². The summed E-state index contributed by atoms with van der Waals surface area (Å²) in [5, 5.41) is 7.70. The summed E-state index contributed by atoms with van der Waals surface area (Å²) in [5.74, 6) is 0.877. The lowest BCUT2D eigenvalue weighted by molar-refractivity contribution is -0.142. The van der Waals surface area contributed by atoms with E-state index in [9.17, 15) is 4.79 Å². The molecule has 1 amide bonds. The van der Waals surface area contributed by atoms with E-state index >= 15 is 0 Å². The fraction of sp³-hybridized carbons (Fsp3) is 0.727. The number of aromatic nitrogens is 3. The number of likely N-dealkylation sites (tertiary alicyclic amines) is 1. The summed E-state index contributed by atoms with van der Waals surface area (Å²) < 4.78 is 7.06. The average Bonchev–Trinajstić information content (AvgIpc) is 2.94. The van der Waals surface area contributed by atoms with Gasteiger partial charge >= 0.3 is 0 Å². The number of rotatable bonds is 3. The summed E-state index contributed by atoms with van der Waals surface area (Å²) in [5.41, 5.74) is 0. The second-order valence-corrected chi connectivity index (χ2v) is 4.79. The topological polar surface area (TPSA) is 60.2 Å². The third kappa shape index (κ3) is 2.17. The van der Waals surface area contributed by atoms with E-state index in [1.54, 1.807) is 6.20 Å². The Hall–Kier alpha value is -1.43. The van der Waals surface area contributed by atoms with Gasteiger partial charge in [-0.1, -0.05) is 5.21 Å². The molecule has 1 aromatic rings. The summed E-state index contributed by atoms with van der Waals surface area (Å²) in [4.78, 5) is 13.9. The van der Waals surface area contributed by atoms with Gasteiger partial charge in [-0.15, -0.1) is 5.10 Å². The lowest BCUT2D eigenvalue weighted by Crippen LogP contribution is -2.53. The Morgan fingerprint density at radius 3 is 3.00 bits per heavy atom. The van der Waals surface area contributed by atoms with E-state index in [4.69, 9.17) is 4.74 Å². The molecule has 0 spiro atoms. The van der Waals surface area contributed by atoms with Crippen LogP contribution in [-0.2, 0) is 16.1 Å². The molecule has 6 nitrogen and oxygen atoms in total. The summed E-state index contributed by atoms with van der Waals surface area (Å²) in [6, 6.07) is 0. The smallest absolute Gasteiger partial charge is 0.228 e. The van der Waals surface area contributed by atoms with Crippen LogP contribution in [0.2, 0.25) is 0 Å². The summed E-state index contributed by atoms with van der Waals surface area (Å²) in [6.45, 7) is 3.87. The first kappa shape index (κ1) is 10.7. The van der Waals surface area contributed by atoms with Crippen LogP contribution in [0.1, 0.15) is 6.42 Å². The van der Waals surface area contributed by atoms with Crippen molar-refractivity contribution < 1.29 is 9.53 Å². The molecule has 0 saturated carbocycles. The van der Waals surface area contributed by atoms with Gasteiger partial charge < -0.3 is 9.64 Å². The van der Waals surface area contributed by atoms with Gasteiger partial charge in [-0.3, -0.25) is 9.48 Å². The summed E-state index contributed by atoms with van der Waals surface area (Å²) in [7, 11) is 0. The Kier molecular flexibility index (Phi) is 2.80. The molecule has 3 heterocycles. The zero-order valence-corrected chi connectivity index (χ0v) is 9.66. The monoisotopic (exact) mass is 236 g/mol. The van der Waals surface area contributed by atoms with Crippen LogP contribution in [0.5, 0.6) is 0 Å². The lowest BCUT2D eigenvalue weighted by Gasteiger charge is -2.40. The van der Waals surface area contributed by atoms with Crippen LogP contribution in [0.15, 0.2) is 12.4 Å². The third-order valence-electron chi connectivity index (χ3n) is 3.46. The molecule has 1 aromatic heterocycles. The maximum absolute atomic E-state index is 12.0.